The lowest BCUT2D eigenvalue weighted by atomic mass is 10.2. The third kappa shape index (κ3) is 3.11. The molecule has 1 N–H and O–H groups in total. The van der Waals surface area contributed by atoms with E-state index in [9.17, 15) is 9.59 Å². The quantitative estimate of drug-likeness (QED) is 0.586. The zero-order valence-corrected chi connectivity index (χ0v) is 15.5. The third-order valence-corrected chi connectivity index (χ3v) is 5.35. The molecule has 0 fully saturated rings. The maximum Gasteiger partial charge on any atom is 0.291 e. The Hall–Kier alpha value is -2.64. The van der Waals surface area contributed by atoms with Crippen LogP contribution in [0.2, 0.25) is 5.02 Å². The highest BCUT2D eigenvalue weighted by atomic mass is 35.5. The summed E-state index contributed by atoms with van der Waals surface area (Å²) in [5.74, 6) is -0.275. The number of thiophene rings is 1. The minimum absolute atomic E-state index is 0.124. The van der Waals surface area contributed by atoms with E-state index in [1.165, 1.54) is 9.56 Å². The van der Waals surface area contributed by atoms with Gasteiger partial charge in [0, 0.05) is 16.4 Å². The van der Waals surface area contributed by atoms with Crippen LogP contribution >= 0.6 is 22.9 Å². The number of aromatic nitrogens is 3. The Labute approximate surface area is 157 Å². The molecule has 132 valence electrons. The van der Waals surface area contributed by atoms with Crippen LogP contribution in [-0.4, -0.2) is 20.1 Å². The van der Waals surface area contributed by atoms with Crippen molar-refractivity contribution in [1.29, 1.82) is 0 Å². The summed E-state index contributed by atoms with van der Waals surface area (Å²) in [4.78, 5) is 26.0. The number of carbonyl (C=O) groups excluding carboxylic acids is 1. The highest BCUT2D eigenvalue weighted by molar-refractivity contribution is 7.19. The molecule has 0 atom stereocenters. The predicted octanol–water partition coefficient (Wildman–Crippen LogP) is 2.99. The van der Waals surface area contributed by atoms with Gasteiger partial charge in [-0.05, 0) is 36.8 Å². The van der Waals surface area contributed by atoms with E-state index < -0.39 is 0 Å². The number of hydrogen-bond donors (Lipinski definition) is 1. The van der Waals surface area contributed by atoms with Gasteiger partial charge in [0.25, 0.3) is 5.56 Å². The van der Waals surface area contributed by atoms with Gasteiger partial charge in [-0.3, -0.25) is 14.0 Å². The van der Waals surface area contributed by atoms with Gasteiger partial charge < -0.3 is 5.32 Å². The smallest absolute Gasteiger partial charge is 0.291 e. The molecule has 1 aromatic carbocycles. The number of aryl methyl sites for hydroxylation is 1. The maximum atomic E-state index is 12.6. The molecule has 0 unspecified atom stereocenters. The van der Waals surface area contributed by atoms with Crippen LogP contribution in [0.1, 0.15) is 10.4 Å². The van der Waals surface area contributed by atoms with Gasteiger partial charge in [0.2, 0.25) is 5.91 Å². The third-order valence-electron chi connectivity index (χ3n) is 4.11. The minimum atomic E-state index is -0.282. The van der Waals surface area contributed by atoms with E-state index in [4.69, 9.17) is 11.6 Å². The minimum Gasteiger partial charge on any atom is -0.350 e. The largest absolute Gasteiger partial charge is 0.350 e. The van der Waals surface area contributed by atoms with Gasteiger partial charge in [0.05, 0.1) is 10.2 Å². The Morgan fingerprint density at radius 3 is 2.77 bits per heavy atom. The summed E-state index contributed by atoms with van der Waals surface area (Å²) >= 11 is 7.47. The van der Waals surface area contributed by atoms with Gasteiger partial charge >= 0.3 is 0 Å². The summed E-state index contributed by atoms with van der Waals surface area (Å²) in [5.41, 5.74) is 2.13. The van der Waals surface area contributed by atoms with Crippen LogP contribution in [0.3, 0.4) is 0 Å². The molecule has 0 bridgehead atoms. The first kappa shape index (κ1) is 16.8. The molecule has 0 saturated carbocycles. The molecule has 8 heteroatoms. The lowest BCUT2D eigenvalue weighted by Crippen LogP contribution is -2.33. The molecule has 1 amide bonds. The molecular formula is C18H15ClN4O2S. The second kappa shape index (κ2) is 6.59. The first-order chi connectivity index (χ1) is 12.5. The fourth-order valence-electron chi connectivity index (χ4n) is 2.83. The van der Waals surface area contributed by atoms with E-state index in [-0.39, 0.29) is 18.0 Å². The standard InChI is InChI=1S/C18H15ClN4O2S/c1-11-6-14-16(26-11)7-15-18(25)23(21-10-22(14)15)9-17(24)20-8-12-2-4-13(19)5-3-12/h2-7,10H,8-9H2,1H3,(H,20,24). The van der Waals surface area contributed by atoms with Crippen molar-refractivity contribution >= 4 is 44.6 Å². The van der Waals surface area contributed by atoms with Gasteiger partial charge in [-0.25, -0.2) is 4.68 Å². The monoisotopic (exact) mass is 386 g/mol. The zero-order chi connectivity index (χ0) is 18.3. The molecule has 26 heavy (non-hydrogen) atoms. The molecule has 4 aromatic rings. The van der Waals surface area contributed by atoms with E-state index in [0.29, 0.717) is 17.1 Å². The number of hydrogen-bond acceptors (Lipinski definition) is 4. The maximum absolute atomic E-state index is 12.6. The molecule has 0 aliphatic rings. The van der Waals surface area contributed by atoms with E-state index in [0.717, 1.165) is 15.8 Å². The first-order valence-corrected chi connectivity index (χ1v) is 9.19. The lowest BCUT2D eigenvalue weighted by molar-refractivity contribution is -0.122. The number of rotatable bonds is 4. The highest BCUT2D eigenvalue weighted by Crippen LogP contribution is 2.26. The molecule has 0 aliphatic carbocycles. The number of amides is 1. The van der Waals surface area contributed by atoms with E-state index in [1.807, 2.05) is 31.2 Å². The number of benzene rings is 1. The zero-order valence-electron chi connectivity index (χ0n) is 13.9. The molecule has 0 aliphatic heterocycles. The fourth-order valence-corrected chi connectivity index (χ4v) is 3.91. The van der Waals surface area contributed by atoms with E-state index in [1.54, 1.807) is 34.2 Å². The highest BCUT2D eigenvalue weighted by Gasteiger charge is 2.13. The van der Waals surface area contributed by atoms with Crippen molar-refractivity contribution in [3.8, 4) is 0 Å². The molecule has 0 radical (unpaired) electrons. The van der Waals surface area contributed by atoms with Crippen molar-refractivity contribution in [2.75, 3.05) is 0 Å². The van der Waals surface area contributed by atoms with E-state index in [2.05, 4.69) is 10.4 Å². The van der Waals surface area contributed by atoms with Crippen molar-refractivity contribution in [3.63, 3.8) is 0 Å². The molecule has 0 saturated heterocycles. The number of nitrogens with zero attached hydrogens (tertiary/aromatic N) is 3. The molecule has 0 spiro atoms. The molecular weight excluding hydrogens is 372 g/mol. The fraction of sp³-hybridized carbons (Fsp3) is 0.167. The van der Waals surface area contributed by atoms with Crippen molar-refractivity contribution in [1.82, 2.24) is 19.5 Å². The summed E-state index contributed by atoms with van der Waals surface area (Å²) in [6, 6.07) is 11.1. The van der Waals surface area contributed by atoms with Crippen molar-refractivity contribution < 1.29 is 4.79 Å². The first-order valence-electron chi connectivity index (χ1n) is 8.00. The van der Waals surface area contributed by atoms with Gasteiger partial charge in [-0.2, -0.15) is 5.10 Å². The average molecular weight is 387 g/mol. The normalized spacial score (nSPS) is 11.3. The van der Waals surface area contributed by atoms with Crippen LogP contribution in [-0.2, 0) is 17.9 Å². The number of nitrogens with one attached hydrogen (secondary N) is 1. The number of halogens is 1. The predicted molar refractivity (Wildman–Crippen MR) is 103 cm³/mol. The van der Waals surface area contributed by atoms with Crippen LogP contribution in [0.4, 0.5) is 0 Å². The Morgan fingerprint density at radius 2 is 2.00 bits per heavy atom. The topological polar surface area (TPSA) is 68.4 Å². The Kier molecular flexibility index (Phi) is 4.26. The number of fused-ring (bicyclic) bond motifs is 3. The van der Waals surface area contributed by atoms with Gasteiger partial charge in [0.1, 0.15) is 18.4 Å². The Morgan fingerprint density at radius 1 is 1.23 bits per heavy atom. The second-order valence-electron chi connectivity index (χ2n) is 6.00. The van der Waals surface area contributed by atoms with Gasteiger partial charge in [0.15, 0.2) is 0 Å². The average Bonchev–Trinajstić information content (AvgIpc) is 3.13. The SMILES string of the molecule is Cc1cc2c(cc3c(=O)n(CC(=O)NCc4ccc(Cl)cc4)ncn32)s1. The summed E-state index contributed by atoms with van der Waals surface area (Å²) in [5, 5.41) is 7.57. The van der Waals surface area contributed by atoms with Gasteiger partial charge in [-0.1, -0.05) is 23.7 Å². The van der Waals surface area contributed by atoms with Crippen LogP contribution < -0.4 is 10.9 Å². The van der Waals surface area contributed by atoms with Crippen molar-refractivity contribution in [3.05, 3.63) is 68.5 Å². The lowest BCUT2D eigenvalue weighted by Gasteiger charge is -2.07. The van der Waals surface area contributed by atoms with Gasteiger partial charge in [-0.15, -0.1) is 11.3 Å². The second-order valence-corrected chi connectivity index (χ2v) is 7.73. The Balaban J connectivity index is 1.53. The summed E-state index contributed by atoms with van der Waals surface area (Å²) in [6.45, 7) is 2.27. The van der Waals surface area contributed by atoms with Crippen molar-refractivity contribution in [2.24, 2.45) is 0 Å². The number of carbonyl (C=O) groups is 1. The molecule has 4 rings (SSSR count). The van der Waals surface area contributed by atoms with E-state index >= 15 is 0 Å². The summed E-state index contributed by atoms with van der Waals surface area (Å²) < 4.78 is 3.98. The van der Waals surface area contributed by atoms with Crippen LogP contribution in [0.15, 0.2) is 47.5 Å². The molecule has 3 heterocycles. The summed E-state index contributed by atoms with van der Waals surface area (Å²) in [6.07, 6.45) is 1.58. The van der Waals surface area contributed by atoms with Crippen LogP contribution in [0.25, 0.3) is 15.7 Å². The Bertz CT molecular complexity index is 1170. The van der Waals surface area contributed by atoms with Crippen LogP contribution in [0.5, 0.6) is 0 Å². The summed E-state index contributed by atoms with van der Waals surface area (Å²) in [7, 11) is 0. The molecule has 6 nitrogen and oxygen atoms in total. The molecule has 3 aromatic heterocycles. The van der Waals surface area contributed by atoms with Crippen LogP contribution in [0, 0.1) is 6.92 Å². The van der Waals surface area contributed by atoms with Crippen molar-refractivity contribution in [2.45, 2.75) is 20.0 Å².